The second kappa shape index (κ2) is 10.2. The second-order valence-corrected chi connectivity index (χ2v) is 9.14. The van der Waals surface area contributed by atoms with Gasteiger partial charge in [-0.05, 0) is 44.5 Å². The molecule has 2 fully saturated rings. The van der Waals surface area contributed by atoms with Crippen LogP contribution in [0.15, 0.2) is 58.8 Å². The summed E-state index contributed by atoms with van der Waals surface area (Å²) in [5, 5.41) is 11.4. The maximum Gasteiger partial charge on any atom is 0.319 e. The largest absolute Gasteiger partial charge is 0.462 e. The average molecular weight is 421 g/mol. The average Bonchev–Trinajstić information content (AvgIpc) is 3.17. The van der Waals surface area contributed by atoms with Crippen molar-refractivity contribution in [1.29, 1.82) is 0 Å². The Morgan fingerprint density at radius 2 is 1.61 bits per heavy atom. The van der Waals surface area contributed by atoms with Crippen molar-refractivity contribution >= 4 is 29.5 Å². The molecule has 0 aliphatic carbocycles. The number of pyridine rings is 2. The van der Waals surface area contributed by atoms with Gasteiger partial charge in [0.25, 0.3) is 0 Å². The molecule has 2 saturated heterocycles. The molecule has 2 aliphatic rings. The molecule has 0 amide bonds. The highest BCUT2D eigenvalue weighted by Gasteiger charge is 2.33. The number of aliphatic hydroxyl groups is 1. The highest BCUT2D eigenvalue weighted by atomic mass is 32.2. The first-order valence-corrected chi connectivity index (χ1v) is 11.0. The lowest BCUT2D eigenvalue weighted by Crippen LogP contribution is -2.16. The lowest BCUT2D eigenvalue weighted by molar-refractivity contribution is -0.140. The molecule has 28 heavy (non-hydrogen) atoms. The van der Waals surface area contributed by atoms with Crippen LogP contribution in [0.1, 0.15) is 26.7 Å². The van der Waals surface area contributed by atoms with Crippen LogP contribution >= 0.6 is 23.5 Å². The van der Waals surface area contributed by atoms with Crippen LogP contribution in [-0.2, 0) is 14.3 Å². The van der Waals surface area contributed by atoms with Crippen LogP contribution in [0.25, 0.3) is 0 Å². The lowest BCUT2D eigenvalue weighted by Gasteiger charge is -2.10. The van der Waals surface area contributed by atoms with Crippen molar-refractivity contribution in [1.82, 2.24) is 9.97 Å². The third-order valence-corrected chi connectivity index (χ3v) is 6.55. The molecule has 5 unspecified atom stereocenters. The minimum absolute atomic E-state index is 0.0451. The highest BCUT2D eigenvalue weighted by molar-refractivity contribution is 8.00. The summed E-state index contributed by atoms with van der Waals surface area (Å²) in [6.45, 7) is 3.89. The first-order valence-electron chi connectivity index (χ1n) is 9.20. The normalized spacial score (nSPS) is 29.1. The number of nitrogens with zero attached hydrogens (tertiary/aromatic N) is 2. The number of hydrogen-bond donors (Lipinski definition) is 1. The molecule has 2 aromatic rings. The second-order valence-electron chi connectivity index (χ2n) is 6.65. The van der Waals surface area contributed by atoms with Gasteiger partial charge in [0.2, 0.25) is 0 Å². The number of esters is 1. The van der Waals surface area contributed by atoms with Gasteiger partial charge >= 0.3 is 5.97 Å². The number of cyclic esters (lactones) is 1. The molecule has 150 valence electrons. The van der Waals surface area contributed by atoms with Gasteiger partial charge in [0.15, 0.2) is 6.29 Å². The Morgan fingerprint density at radius 1 is 0.964 bits per heavy atom. The number of aliphatic hydroxyl groups excluding tert-OH is 1. The molecule has 2 aromatic heterocycles. The lowest BCUT2D eigenvalue weighted by atomic mass is 10.2. The fourth-order valence-corrected chi connectivity index (χ4v) is 5.11. The van der Waals surface area contributed by atoms with E-state index in [4.69, 9.17) is 9.47 Å². The summed E-state index contributed by atoms with van der Waals surface area (Å²) in [5.74, 6) is -0.117. The van der Waals surface area contributed by atoms with Crippen molar-refractivity contribution in [3.8, 4) is 0 Å². The SMILES string of the molecule is CC1CC(Sc2ccccn2)C(=O)O1.CC1CC(Sc2ccccn2)C(O)O1. The standard InChI is InChI=1S/C10H13NO2S.C10H11NO2S/c2*1-7-6-8(10(12)13-7)14-9-4-2-3-5-11-9/h2-5,7-8,10,12H,6H2,1H3;2-5,7-8H,6H2,1H3. The number of carbonyl (C=O) groups is 1. The molecule has 0 aromatic carbocycles. The molecule has 0 bridgehead atoms. The molecular weight excluding hydrogens is 396 g/mol. The van der Waals surface area contributed by atoms with Gasteiger partial charge in [0.05, 0.1) is 21.4 Å². The Bertz CT molecular complexity index is 750. The van der Waals surface area contributed by atoms with E-state index in [9.17, 15) is 9.90 Å². The van der Waals surface area contributed by atoms with E-state index in [1.807, 2.05) is 50.2 Å². The Kier molecular flexibility index (Phi) is 7.73. The highest BCUT2D eigenvalue weighted by Crippen LogP contribution is 2.33. The van der Waals surface area contributed by atoms with E-state index >= 15 is 0 Å². The number of ether oxygens (including phenoxy) is 2. The van der Waals surface area contributed by atoms with E-state index in [2.05, 4.69) is 9.97 Å². The molecule has 1 N–H and O–H groups in total. The molecule has 5 atom stereocenters. The zero-order valence-electron chi connectivity index (χ0n) is 15.8. The third-order valence-electron chi connectivity index (χ3n) is 4.19. The summed E-state index contributed by atoms with van der Waals surface area (Å²) in [6, 6.07) is 11.5. The van der Waals surface area contributed by atoms with Crippen molar-refractivity contribution in [3.05, 3.63) is 48.8 Å². The van der Waals surface area contributed by atoms with Crippen LogP contribution in [0.4, 0.5) is 0 Å². The maximum atomic E-state index is 11.3. The molecule has 4 heterocycles. The van der Waals surface area contributed by atoms with E-state index in [-0.39, 0.29) is 28.7 Å². The van der Waals surface area contributed by atoms with Gasteiger partial charge in [-0.3, -0.25) is 4.79 Å². The predicted molar refractivity (Wildman–Crippen MR) is 109 cm³/mol. The molecule has 2 aliphatic heterocycles. The van der Waals surface area contributed by atoms with Crippen molar-refractivity contribution in [2.24, 2.45) is 0 Å². The van der Waals surface area contributed by atoms with E-state index in [1.54, 1.807) is 24.2 Å². The summed E-state index contributed by atoms with van der Waals surface area (Å²) in [5.41, 5.74) is 0. The van der Waals surface area contributed by atoms with Crippen LogP contribution in [0.5, 0.6) is 0 Å². The first-order chi connectivity index (χ1) is 13.5. The Morgan fingerprint density at radius 3 is 2.07 bits per heavy atom. The van der Waals surface area contributed by atoms with Crippen LogP contribution in [0.3, 0.4) is 0 Å². The summed E-state index contributed by atoms with van der Waals surface area (Å²) >= 11 is 3.05. The fourth-order valence-electron chi connectivity index (χ4n) is 2.88. The summed E-state index contributed by atoms with van der Waals surface area (Å²) < 4.78 is 10.3. The molecule has 8 heteroatoms. The minimum Gasteiger partial charge on any atom is -0.462 e. The molecule has 4 rings (SSSR count). The number of rotatable bonds is 4. The van der Waals surface area contributed by atoms with Crippen molar-refractivity contribution in [2.45, 2.75) is 65.7 Å². The zero-order chi connectivity index (χ0) is 19.9. The number of carbonyl (C=O) groups excluding carboxylic acids is 1. The van der Waals surface area contributed by atoms with Gasteiger partial charge in [0, 0.05) is 18.8 Å². The van der Waals surface area contributed by atoms with Crippen molar-refractivity contribution < 1.29 is 19.4 Å². The number of thioether (sulfide) groups is 2. The van der Waals surface area contributed by atoms with Crippen molar-refractivity contribution in [3.63, 3.8) is 0 Å². The first kappa shape index (κ1) is 21.1. The zero-order valence-corrected chi connectivity index (χ0v) is 17.4. The molecule has 0 spiro atoms. The van der Waals surface area contributed by atoms with E-state index in [0.29, 0.717) is 0 Å². The van der Waals surface area contributed by atoms with Crippen LogP contribution in [0.2, 0.25) is 0 Å². The smallest absolute Gasteiger partial charge is 0.319 e. The molecular formula is C20H24N2O4S2. The molecule has 0 saturated carbocycles. The topological polar surface area (TPSA) is 81.5 Å². The van der Waals surface area contributed by atoms with Gasteiger partial charge in [-0.15, -0.1) is 0 Å². The van der Waals surface area contributed by atoms with Gasteiger partial charge in [-0.2, -0.15) is 0 Å². The summed E-state index contributed by atoms with van der Waals surface area (Å²) in [6.07, 6.45) is 4.68. The fraction of sp³-hybridized carbons (Fsp3) is 0.450. The van der Waals surface area contributed by atoms with Crippen LogP contribution in [0, 0.1) is 0 Å². The summed E-state index contributed by atoms with van der Waals surface area (Å²) in [4.78, 5) is 19.7. The van der Waals surface area contributed by atoms with E-state index < -0.39 is 6.29 Å². The number of aromatic nitrogens is 2. The van der Waals surface area contributed by atoms with E-state index in [1.165, 1.54) is 11.8 Å². The van der Waals surface area contributed by atoms with Gasteiger partial charge in [-0.25, -0.2) is 9.97 Å². The summed E-state index contributed by atoms with van der Waals surface area (Å²) in [7, 11) is 0. The van der Waals surface area contributed by atoms with Crippen LogP contribution < -0.4 is 0 Å². The quantitative estimate of drug-likeness (QED) is 0.752. The molecule has 0 radical (unpaired) electrons. The van der Waals surface area contributed by atoms with Crippen molar-refractivity contribution in [2.75, 3.05) is 0 Å². The predicted octanol–water partition coefficient (Wildman–Crippen LogP) is 3.55. The Labute approximate surface area is 173 Å². The third kappa shape index (κ3) is 6.20. The number of hydrogen-bond acceptors (Lipinski definition) is 8. The maximum absolute atomic E-state index is 11.3. The minimum atomic E-state index is -0.656. The Hall–Kier alpha value is -1.61. The molecule has 6 nitrogen and oxygen atoms in total. The van der Waals surface area contributed by atoms with Gasteiger partial charge in [0.1, 0.15) is 11.4 Å². The van der Waals surface area contributed by atoms with Gasteiger partial charge in [-0.1, -0.05) is 35.7 Å². The van der Waals surface area contributed by atoms with E-state index in [0.717, 1.165) is 22.9 Å². The van der Waals surface area contributed by atoms with Crippen LogP contribution in [-0.4, -0.2) is 50.0 Å². The Balaban J connectivity index is 0.000000161. The van der Waals surface area contributed by atoms with Gasteiger partial charge < -0.3 is 14.6 Å². The monoisotopic (exact) mass is 420 g/mol.